The summed E-state index contributed by atoms with van der Waals surface area (Å²) in [7, 11) is 0. The number of hydrogen-bond donors (Lipinski definition) is 2. The minimum atomic E-state index is -0.319. The molecule has 104 valence electrons. The van der Waals surface area contributed by atoms with Gasteiger partial charge in [-0.2, -0.15) is 0 Å². The molecule has 2 aliphatic rings. The Kier molecular flexibility index (Phi) is 2.72. The molecule has 1 aromatic carbocycles. The molecule has 0 fully saturated rings. The van der Waals surface area contributed by atoms with E-state index >= 15 is 0 Å². The molecule has 0 amide bonds. The zero-order valence-electron chi connectivity index (χ0n) is 11.8. The lowest BCUT2D eigenvalue weighted by Gasteiger charge is -2.39. The number of aliphatic hydroxyl groups excluding tert-OH is 1. The molecule has 0 bridgehead atoms. The minimum absolute atomic E-state index is 0.319. The van der Waals surface area contributed by atoms with Crippen LogP contribution in [0.3, 0.4) is 0 Å². The summed E-state index contributed by atoms with van der Waals surface area (Å²) in [6.07, 6.45) is 4.01. The lowest BCUT2D eigenvalue weighted by atomic mass is 9.90. The molecule has 0 aliphatic carbocycles. The highest BCUT2D eigenvalue weighted by molar-refractivity contribution is 5.85. The van der Waals surface area contributed by atoms with Crippen LogP contribution in [-0.2, 0) is 6.42 Å². The number of nitrogens with one attached hydrogen (secondary N) is 1. The zero-order chi connectivity index (χ0) is 13.7. The van der Waals surface area contributed by atoms with Gasteiger partial charge < -0.3 is 10.1 Å². The Morgan fingerprint density at radius 2 is 2.20 bits per heavy atom. The fourth-order valence-corrected chi connectivity index (χ4v) is 3.69. The van der Waals surface area contributed by atoms with Gasteiger partial charge in [0.05, 0.1) is 12.1 Å². The molecule has 0 saturated heterocycles. The molecule has 2 aliphatic heterocycles. The molecular formula is C17H20N2O. The zero-order valence-corrected chi connectivity index (χ0v) is 11.8. The lowest BCUT2D eigenvalue weighted by Crippen LogP contribution is -2.40. The maximum Gasteiger partial charge on any atom is 0.0734 e. The first-order valence-corrected chi connectivity index (χ1v) is 7.44. The lowest BCUT2D eigenvalue weighted by molar-refractivity contribution is 0.156. The van der Waals surface area contributed by atoms with Crippen LogP contribution < -0.4 is 0 Å². The number of para-hydroxylation sites is 1. The normalized spacial score (nSPS) is 24.1. The van der Waals surface area contributed by atoms with Gasteiger partial charge in [0.15, 0.2) is 0 Å². The van der Waals surface area contributed by atoms with Crippen molar-refractivity contribution in [2.45, 2.75) is 31.9 Å². The predicted octanol–water partition coefficient (Wildman–Crippen LogP) is 2.78. The molecule has 3 heterocycles. The maximum atomic E-state index is 9.77. The van der Waals surface area contributed by atoms with Gasteiger partial charge in [0, 0.05) is 29.7 Å². The highest BCUT2D eigenvalue weighted by Gasteiger charge is 2.32. The molecule has 2 atom stereocenters. The van der Waals surface area contributed by atoms with Crippen molar-refractivity contribution in [2.75, 3.05) is 13.1 Å². The van der Waals surface area contributed by atoms with Gasteiger partial charge in [-0.05, 0) is 37.0 Å². The van der Waals surface area contributed by atoms with Gasteiger partial charge in [-0.25, -0.2) is 0 Å². The van der Waals surface area contributed by atoms with Crippen LogP contribution in [0.4, 0.5) is 0 Å². The number of H-pyrrole nitrogens is 1. The van der Waals surface area contributed by atoms with Crippen molar-refractivity contribution in [2.24, 2.45) is 0 Å². The summed E-state index contributed by atoms with van der Waals surface area (Å²) < 4.78 is 0. The van der Waals surface area contributed by atoms with Crippen LogP contribution in [0.2, 0.25) is 0 Å². The Morgan fingerprint density at radius 1 is 1.35 bits per heavy atom. The summed E-state index contributed by atoms with van der Waals surface area (Å²) in [6, 6.07) is 9.05. The van der Waals surface area contributed by atoms with Crippen molar-refractivity contribution < 1.29 is 5.11 Å². The van der Waals surface area contributed by atoms with Crippen LogP contribution >= 0.6 is 0 Å². The fourth-order valence-electron chi connectivity index (χ4n) is 3.69. The first-order chi connectivity index (χ1) is 9.74. The van der Waals surface area contributed by atoms with Gasteiger partial charge in [-0.1, -0.05) is 24.3 Å². The quantitative estimate of drug-likeness (QED) is 0.781. The highest BCUT2D eigenvalue weighted by Crippen LogP contribution is 2.39. The van der Waals surface area contributed by atoms with Crippen LogP contribution in [0.15, 0.2) is 35.9 Å². The smallest absolute Gasteiger partial charge is 0.0734 e. The van der Waals surface area contributed by atoms with Crippen molar-refractivity contribution >= 4 is 10.9 Å². The van der Waals surface area contributed by atoms with E-state index in [1.165, 1.54) is 27.7 Å². The summed E-state index contributed by atoms with van der Waals surface area (Å²) in [4.78, 5) is 6.13. The number of benzene rings is 1. The number of aromatic nitrogens is 1. The van der Waals surface area contributed by atoms with E-state index < -0.39 is 0 Å². The molecule has 20 heavy (non-hydrogen) atoms. The van der Waals surface area contributed by atoms with Gasteiger partial charge in [0.1, 0.15) is 0 Å². The van der Waals surface area contributed by atoms with E-state index in [9.17, 15) is 5.11 Å². The molecule has 3 nitrogen and oxygen atoms in total. The van der Waals surface area contributed by atoms with Crippen molar-refractivity contribution in [3.8, 4) is 0 Å². The fraction of sp³-hybridized carbons (Fsp3) is 0.412. The number of aliphatic hydroxyl groups is 1. The largest absolute Gasteiger partial charge is 0.389 e. The SMILES string of the molecule is C[C@@H](O)C1=CC[C@H]2c3[nH]c4ccccc4c3CCN2C1. The van der Waals surface area contributed by atoms with Crippen LogP contribution in [0.5, 0.6) is 0 Å². The van der Waals surface area contributed by atoms with E-state index in [2.05, 4.69) is 40.2 Å². The number of aromatic amines is 1. The average molecular weight is 268 g/mol. The molecule has 0 spiro atoms. The Labute approximate surface area is 118 Å². The van der Waals surface area contributed by atoms with E-state index in [1.807, 2.05) is 6.92 Å². The van der Waals surface area contributed by atoms with E-state index in [4.69, 9.17) is 0 Å². The van der Waals surface area contributed by atoms with E-state index in [0.29, 0.717) is 6.04 Å². The molecule has 2 aromatic rings. The first kappa shape index (κ1) is 12.2. The van der Waals surface area contributed by atoms with E-state index in [-0.39, 0.29) is 6.10 Å². The van der Waals surface area contributed by atoms with E-state index in [0.717, 1.165) is 25.9 Å². The average Bonchev–Trinajstić information content (AvgIpc) is 2.85. The Balaban J connectivity index is 1.77. The third-order valence-electron chi connectivity index (χ3n) is 4.80. The van der Waals surface area contributed by atoms with Crippen molar-refractivity contribution in [3.63, 3.8) is 0 Å². The summed E-state index contributed by atoms with van der Waals surface area (Å²) in [6.45, 7) is 3.85. The molecule has 0 radical (unpaired) electrons. The minimum Gasteiger partial charge on any atom is -0.389 e. The molecule has 1 aromatic heterocycles. The predicted molar refractivity (Wildman–Crippen MR) is 80.7 cm³/mol. The van der Waals surface area contributed by atoms with Crippen LogP contribution in [0, 0.1) is 0 Å². The van der Waals surface area contributed by atoms with Gasteiger partial charge in [0.25, 0.3) is 0 Å². The second kappa shape index (κ2) is 4.47. The molecule has 0 saturated carbocycles. The Morgan fingerprint density at radius 3 is 3.05 bits per heavy atom. The van der Waals surface area contributed by atoms with E-state index in [1.54, 1.807) is 0 Å². The first-order valence-electron chi connectivity index (χ1n) is 7.44. The molecule has 0 unspecified atom stereocenters. The summed E-state index contributed by atoms with van der Waals surface area (Å²) >= 11 is 0. The third kappa shape index (κ3) is 1.74. The third-order valence-corrected chi connectivity index (χ3v) is 4.80. The van der Waals surface area contributed by atoms with Crippen molar-refractivity contribution in [3.05, 3.63) is 47.2 Å². The summed E-state index contributed by atoms with van der Waals surface area (Å²) in [5.41, 5.74) is 5.31. The second-order valence-electron chi connectivity index (χ2n) is 5.99. The Hall–Kier alpha value is -1.58. The van der Waals surface area contributed by atoms with Gasteiger partial charge in [0.2, 0.25) is 0 Å². The van der Waals surface area contributed by atoms with Crippen LogP contribution in [-0.4, -0.2) is 34.2 Å². The highest BCUT2D eigenvalue weighted by atomic mass is 16.3. The Bertz CT molecular complexity index is 683. The monoisotopic (exact) mass is 268 g/mol. The summed E-state index contributed by atoms with van der Waals surface area (Å²) in [5, 5.41) is 11.2. The number of hydrogen-bond acceptors (Lipinski definition) is 2. The standard InChI is InChI=1S/C17H20N2O/c1-11(20)12-6-7-16-17-14(8-9-19(16)10-12)13-4-2-3-5-15(13)18-17/h2-6,11,16,18,20H,7-10H2,1H3/t11-,16+/m1/s1. The van der Waals surface area contributed by atoms with Gasteiger partial charge in [-0.15, -0.1) is 0 Å². The number of rotatable bonds is 1. The molecule has 3 heteroatoms. The van der Waals surface area contributed by atoms with Crippen LogP contribution in [0.25, 0.3) is 10.9 Å². The maximum absolute atomic E-state index is 9.77. The van der Waals surface area contributed by atoms with Gasteiger partial charge >= 0.3 is 0 Å². The topological polar surface area (TPSA) is 39.3 Å². The van der Waals surface area contributed by atoms with Crippen LogP contribution in [0.1, 0.15) is 30.6 Å². The number of fused-ring (bicyclic) bond motifs is 5. The van der Waals surface area contributed by atoms with Crippen molar-refractivity contribution in [1.29, 1.82) is 0 Å². The van der Waals surface area contributed by atoms with Crippen molar-refractivity contribution in [1.82, 2.24) is 9.88 Å². The summed E-state index contributed by atoms with van der Waals surface area (Å²) in [5.74, 6) is 0. The van der Waals surface area contributed by atoms with Gasteiger partial charge in [-0.3, -0.25) is 4.90 Å². The molecule has 2 N–H and O–H groups in total. The molecular weight excluding hydrogens is 248 g/mol. The molecule has 4 rings (SSSR count). The second-order valence-corrected chi connectivity index (χ2v) is 5.99. The number of nitrogens with zero attached hydrogens (tertiary/aromatic N) is 1.